The molecule has 0 spiro atoms. The molecule has 0 atom stereocenters. The molecule has 0 aliphatic carbocycles. The summed E-state index contributed by atoms with van der Waals surface area (Å²) in [6, 6.07) is 47.2. The highest BCUT2D eigenvalue weighted by Gasteiger charge is 2.27. The minimum absolute atomic E-state index is 0.906. The molecule has 0 amide bonds. The standard InChI is InChI=1S/C40H24Br2N2/c41-27-19-15-25(16-20-27)35-37-31-11-3-1-9-29(31)30-10-2-4-12-32(30)38(37)36(26-17-21-28(42)22-18-26)40(34-14-6-8-24-44-34)39(35)33-13-5-7-23-43-33/h1-24H. The average molecular weight is 692 g/mol. The number of rotatable bonds is 4. The molecule has 0 unspecified atom stereocenters. The zero-order chi connectivity index (χ0) is 29.6. The fraction of sp³-hybridized carbons (Fsp3) is 0. The number of halogens is 2. The van der Waals surface area contributed by atoms with Crippen molar-refractivity contribution in [3.8, 4) is 44.8 Å². The smallest absolute Gasteiger partial charge is 0.0715 e. The van der Waals surface area contributed by atoms with Crippen molar-refractivity contribution in [2.75, 3.05) is 0 Å². The molecule has 0 aliphatic heterocycles. The van der Waals surface area contributed by atoms with Crippen LogP contribution in [0.25, 0.3) is 77.1 Å². The lowest BCUT2D eigenvalue weighted by Gasteiger charge is -2.25. The second kappa shape index (κ2) is 11.1. The number of hydrogen-bond donors (Lipinski definition) is 0. The Hall–Kier alpha value is -4.64. The van der Waals surface area contributed by atoms with Gasteiger partial charge in [0, 0.05) is 43.6 Å². The number of benzene rings is 6. The molecule has 4 heteroatoms. The van der Waals surface area contributed by atoms with E-state index < -0.39 is 0 Å². The maximum atomic E-state index is 4.99. The van der Waals surface area contributed by atoms with Crippen molar-refractivity contribution in [3.05, 3.63) is 155 Å². The van der Waals surface area contributed by atoms with Gasteiger partial charge in [0.05, 0.1) is 11.4 Å². The maximum Gasteiger partial charge on any atom is 0.0715 e. The lowest BCUT2D eigenvalue weighted by atomic mass is 9.78. The van der Waals surface area contributed by atoms with Gasteiger partial charge in [0.1, 0.15) is 0 Å². The van der Waals surface area contributed by atoms with E-state index in [1.54, 1.807) is 0 Å². The minimum atomic E-state index is 0.906. The predicted octanol–water partition coefficient (Wildman–Crippen LogP) is 12.1. The van der Waals surface area contributed by atoms with Crippen molar-refractivity contribution in [2.24, 2.45) is 0 Å². The van der Waals surface area contributed by atoms with E-state index in [9.17, 15) is 0 Å². The first-order valence-corrected chi connectivity index (χ1v) is 16.1. The molecule has 0 aliphatic rings. The van der Waals surface area contributed by atoms with Gasteiger partial charge in [-0.1, -0.05) is 117 Å². The summed E-state index contributed by atoms with van der Waals surface area (Å²) in [5.74, 6) is 0. The first kappa shape index (κ1) is 26.9. The summed E-state index contributed by atoms with van der Waals surface area (Å²) >= 11 is 7.35. The van der Waals surface area contributed by atoms with Gasteiger partial charge in [-0.3, -0.25) is 9.97 Å². The molecule has 2 heterocycles. The van der Waals surface area contributed by atoms with Gasteiger partial charge in [-0.2, -0.15) is 0 Å². The molecular weight excluding hydrogens is 668 g/mol. The fourth-order valence-electron chi connectivity index (χ4n) is 6.50. The first-order chi connectivity index (χ1) is 21.7. The highest BCUT2D eigenvalue weighted by atomic mass is 79.9. The molecule has 2 aromatic heterocycles. The molecule has 0 fully saturated rings. The monoisotopic (exact) mass is 690 g/mol. The van der Waals surface area contributed by atoms with Crippen LogP contribution in [0.3, 0.4) is 0 Å². The van der Waals surface area contributed by atoms with Crippen LogP contribution in [0.2, 0.25) is 0 Å². The third kappa shape index (κ3) is 4.45. The zero-order valence-corrected chi connectivity index (χ0v) is 26.7. The van der Waals surface area contributed by atoms with E-state index >= 15 is 0 Å². The molecule has 0 radical (unpaired) electrons. The van der Waals surface area contributed by atoms with Crippen LogP contribution in [0.5, 0.6) is 0 Å². The van der Waals surface area contributed by atoms with E-state index in [0.29, 0.717) is 0 Å². The van der Waals surface area contributed by atoms with Gasteiger partial charge in [-0.15, -0.1) is 0 Å². The van der Waals surface area contributed by atoms with Gasteiger partial charge in [-0.05, 0) is 92.0 Å². The molecule has 44 heavy (non-hydrogen) atoms. The third-order valence-corrected chi connectivity index (χ3v) is 9.35. The van der Waals surface area contributed by atoms with Crippen molar-refractivity contribution in [1.29, 1.82) is 0 Å². The Balaban J connectivity index is 1.76. The Morgan fingerprint density at radius 1 is 0.341 bits per heavy atom. The molecule has 2 nitrogen and oxygen atoms in total. The quantitative estimate of drug-likeness (QED) is 0.172. The van der Waals surface area contributed by atoms with Crippen LogP contribution in [0, 0.1) is 0 Å². The second-order valence-corrected chi connectivity index (χ2v) is 12.6. The Morgan fingerprint density at radius 3 is 1.07 bits per heavy atom. The van der Waals surface area contributed by atoms with Crippen LogP contribution in [0.1, 0.15) is 0 Å². The summed E-state index contributed by atoms with van der Waals surface area (Å²) in [4.78, 5) is 9.98. The third-order valence-electron chi connectivity index (χ3n) is 8.29. The Bertz CT molecular complexity index is 2150. The molecule has 0 saturated heterocycles. The van der Waals surface area contributed by atoms with Crippen LogP contribution < -0.4 is 0 Å². The number of nitrogens with zero attached hydrogens (tertiary/aromatic N) is 2. The van der Waals surface area contributed by atoms with Crippen LogP contribution >= 0.6 is 31.9 Å². The number of fused-ring (bicyclic) bond motifs is 6. The van der Waals surface area contributed by atoms with Crippen molar-refractivity contribution in [1.82, 2.24) is 9.97 Å². The summed E-state index contributed by atoms with van der Waals surface area (Å²) < 4.78 is 2.08. The zero-order valence-electron chi connectivity index (χ0n) is 23.5. The van der Waals surface area contributed by atoms with E-state index in [1.807, 2.05) is 24.5 Å². The van der Waals surface area contributed by atoms with Gasteiger partial charge in [0.2, 0.25) is 0 Å². The Morgan fingerprint density at radius 2 is 0.705 bits per heavy atom. The van der Waals surface area contributed by atoms with Gasteiger partial charge in [0.15, 0.2) is 0 Å². The number of pyridine rings is 2. The van der Waals surface area contributed by atoms with E-state index in [4.69, 9.17) is 9.97 Å². The van der Waals surface area contributed by atoms with Crippen molar-refractivity contribution < 1.29 is 0 Å². The maximum absolute atomic E-state index is 4.99. The number of aromatic nitrogens is 2. The van der Waals surface area contributed by atoms with E-state index in [-0.39, 0.29) is 0 Å². The summed E-state index contributed by atoms with van der Waals surface area (Å²) in [5, 5.41) is 7.30. The van der Waals surface area contributed by atoms with Crippen molar-refractivity contribution in [2.45, 2.75) is 0 Å². The minimum Gasteiger partial charge on any atom is -0.256 e. The molecule has 208 valence electrons. The van der Waals surface area contributed by atoms with Gasteiger partial charge in [-0.25, -0.2) is 0 Å². The predicted molar refractivity (Wildman–Crippen MR) is 192 cm³/mol. The van der Waals surface area contributed by atoms with Gasteiger partial charge < -0.3 is 0 Å². The molecule has 0 bridgehead atoms. The SMILES string of the molecule is Brc1ccc(-c2c(-c3ccccn3)c(-c3ccccn3)c(-c3ccc(Br)cc3)c3c4ccccc4c4ccccc4c23)cc1. The van der Waals surface area contributed by atoms with Gasteiger partial charge in [0.25, 0.3) is 0 Å². The molecule has 6 aromatic carbocycles. The lowest BCUT2D eigenvalue weighted by molar-refractivity contribution is 1.30. The fourth-order valence-corrected chi connectivity index (χ4v) is 7.03. The molecule has 0 N–H and O–H groups in total. The van der Waals surface area contributed by atoms with E-state index in [1.165, 1.54) is 32.3 Å². The van der Waals surface area contributed by atoms with Crippen molar-refractivity contribution in [3.63, 3.8) is 0 Å². The molecule has 0 saturated carbocycles. The largest absolute Gasteiger partial charge is 0.256 e. The topological polar surface area (TPSA) is 25.8 Å². The summed E-state index contributed by atoms with van der Waals surface area (Å²) in [6.45, 7) is 0. The lowest BCUT2D eigenvalue weighted by Crippen LogP contribution is -2.00. The molecule has 8 aromatic rings. The summed E-state index contributed by atoms with van der Waals surface area (Å²) in [5.41, 5.74) is 8.49. The summed E-state index contributed by atoms with van der Waals surface area (Å²) in [7, 11) is 0. The van der Waals surface area contributed by atoms with E-state index in [2.05, 4.69) is 153 Å². The highest BCUT2D eigenvalue weighted by Crippen LogP contribution is 2.53. The van der Waals surface area contributed by atoms with Crippen molar-refractivity contribution >= 4 is 64.2 Å². The van der Waals surface area contributed by atoms with E-state index in [0.717, 1.165) is 53.7 Å². The number of hydrogen-bond acceptors (Lipinski definition) is 2. The normalized spacial score (nSPS) is 11.4. The van der Waals surface area contributed by atoms with Crippen LogP contribution in [-0.2, 0) is 0 Å². The molecule has 8 rings (SSSR count). The van der Waals surface area contributed by atoms with Crippen LogP contribution in [0.15, 0.2) is 155 Å². The molecular formula is C40H24Br2N2. The van der Waals surface area contributed by atoms with Gasteiger partial charge >= 0.3 is 0 Å². The first-order valence-electron chi connectivity index (χ1n) is 14.5. The van der Waals surface area contributed by atoms with Crippen LogP contribution in [-0.4, -0.2) is 9.97 Å². The van der Waals surface area contributed by atoms with Crippen LogP contribution in [0.4, 0.5) is 0 Å². The average Bonchev–Trinajstić information content (AvgIpc) is 3.09. The Labute approximate surface area is 272 Å². The Kier molecular flexibility index (Phi) is 6.82. The highest BCUT2D eigenvalue weighted by molar-refractivity contribution is 9.10. The second-order valence-electron chi connectivity index (χ2n) is 10.8. The summed E-state index contributed by atoms with van der Waals surface area (Å²) in [6.07, 6.45) is 3.76.